The van der Waals surface area contributed by atoms with Gasteiger partial charge in [-0.25, -0.2) is 9.59 Å². The molecule has 3 rings (SSSR count). The summed E-state index contributed by atoms with van der Waals surface area (Å²) in [5.74, 6) is -7.17. The van der Waals surface area contributed by atoms with Gasteiger partial charge < -0.3 is 104 Å². The zero-order valence-corrected chi connectivity index (χ0v) is 52.4. The van der Waals surface area contributed by atoms with Crippen LogP contribution in [0.1, 0.15) is 114 Å². The Morgan fingerprint density at radius 1 is 0.424 bits per heavy atom. The third kappa shape index (κ3) is 33.8. The molecule has 1 atom stereocenters. The van der Waals surface area contributed by atoms with Gasteiger partial charge in [0.05, 0.1) is 144 Å². The zero-order chi connectivity index (χ0) is 67.3. The van der Waals surface area contributed by atoms with Crippen LogP contribution in [0, 0.1) is 0 Å². The number of carbonyl (C=O) groups excluding carboxylic acids is 5. The third-order valence-electron chi connectivity index (χ3n) is 13.9. The van der Waals surface area contributed by atoms with E-state index in [-0.39, 0.29) is 130 Å². The maximum absolute atomic E-state index is 13.8. The molecule has 516 valence electrons. The summed E-state index contributed by atoms with van der Waals surface area (Å²) >= 11 is 0. The Morgan fingerprint density at radius 2 is 0.761 bits per heavy atom. The van der Waals surface area contributed by atoms with Crippen LogP contribution in [0.2, 0.25) is 0 Å². The van der Waals surface area contributed by atoms with Crippen molar-refractivity contribution in [2.45, 2.75) is 119 Å². The number of carbonyl (C=O) groups is 10. The SMILES string of the molecule is CCCCOCC(COCCC(=O)O)(COCCC(=O)O)NC(=O)CCOCC(COCCC=O)(COCCC(=O)NC(COCCC(=O)O)(COCCC(=O)O)COCCC(=O)O)NC(=O)NCCCCCCNC(=O)OCC1c2ccccc2-c2ccccc21. The van der Waals surface area contributed by atoms with Gasteiger partial charge >= 0.3 is 42.0 Å². The first-order valence-corrected chi connectivity index (χ1v) is 30.7. The highest BCUT2D eigenvalue weighted by Gasteiger charge is 2.38. The molecular weight excluding hydrogens is 1210 g/mol. The molecule has 0 heterocycles. The number of hydrogen-bond donors (Lipinski definition) is 10. The summed E-state index contributed by atoms with van der Waals surface area (Å²) < 4.78 is 57.6. The van der Waals surface area contributed by atoms with Crippen molar-refractivity contribution >= 4 is 60.1 Å². The summed E-state index contributed by atoms with van der Waals surface area (Å²) in [5, 5.41) is 60.1. The molecule has 0 radical (unpaired) electrons. The Hall–Kier alpha value is -7.42. The van der Waals surface area contributed by atoms with E-state index < -0.39 is 123 Å². The van der Waals surface area contributed by atoms with Crippen molar-refractivity contribution < 1.29 is 121 Å². The van der Waals surface area contributed by atoms with E-state index in [0.29, 0.717) is 51.5 Å². The van der Waals surface area contributed by atoms with Gasteiger partial charge in [-0.05, 0) is 41.5 Å². The molecule has 0 spiro atoms. The molecule has 0 aromatic heterocycles. The number of aliphatic carboxylic acids is 5. The van der Waals surface area contributed by atoms with Crippen molar-refractivity contribution in [2.24, 2.45) is 0 Å². The van der Waals surface area contributed by atoms with Gasteiger partial charge in [0.2, 0.25) is 11.8 Å². The molecule has 0 bridgehead atoms. The normalized spacial score (nSPS) is 12.6. The zero-order valence-electron chi connectivity index (χ0n) is 52.4. The quantitative estimate of drug-likeness (QED) is 0.0334. The fraction of sp³-hybridized carbons (Fsp3) is 0.645. The fourth-order valence-corrected chi connectivity index (χ4v) is 9.26. The first-order valence-electron chi connectivity index (χ1n) is 30.7. The Labute approximate surface area is 534 Å². The highest BCUT2D eigenvalue weighted by atomic mass is 16.6. The lowest BCUT2D eigenvalue weighted by Crippen LogP contribution is -2.61. The number of carboxylic acids is 5. The Bertz CT molecular complexity index is 2450. The number of amides is 5. The van der Waals surface area contributed by atoms with Crippen LogP contribution >= 0.6 is 0 Å². The van der Waals surface area contributed by atoms with Gasteiger partial charge in [0, 0.05) is 44.9 Å². The standard InChI is InChI=1S/C62H93N5O25/c1-2-3-27-83-37-60(38-87-31-19-53(71)72,39-88-32-20-54(73)74)65-51(69)17-29-85-44-62(43-84-28-12-26-68,45-86-30-18-52(70)66-61(40-89-33-21-55(75)76,41-90-34-22-56(77)78)42-91-35-23-57(79)80)67-58(81)63-24-10-4-5-11-25-64-59(82)92-36-50-48-15-8-6-13-46(48)47-14-7-9-16-49(47)50/h6-9,13-16,26,50H,2-5,10-12,17-25,27-45H2,1H3,(H,64,82)(H,65,69)(H,66,70)(H,71,72)(H,73,74)(H,75,76)(H,77,78)(H,79,80)(H2,63,67,81). The maximum atomic E-state index is 13.8. The molecule has 1 unspecified atom stereocenters. The number of fused-ring (bicyclic) bond motifs is 3. The number of alkyl carbamates (subject to hydrolysis) is 1. The van der Waals surface area contributed by atoms with Gasteiger partial charge in [0.1, 0.15) is 29.5 Å². The molecule has 0 fully saturated rings. The molecule has 0 aliphatic heterocycles. The van der Waals surface area contributed by atoms with Crippen LogP contribution in [-0.2, 0) is 85.7 Å². The molecule has 30 nitrogen and oxygen atoms in total. The smallest absolute Gasteiger partial charge is 0.407 e. The van der Waals surface area contributed by atoms with E-state index in [4.69, 9.17) is 47.4 Å². The summed E-state index contributed by atoms with van der Waals surface area (Å²) in [7, 11) is 0. The monoisotopic (exact) mass is 1310 g/mol. The Morgan fingerprint density at radius 3 is 1.13 bits per heavy atom. The van der Waals surface area contributed by atoms with Gasteiger partial charge in [0.15, 0.2) is 0 Å². The largest absolute Gasteiger partial charge is 0.481 e. The Balaban J connectivity index is 1.76. The molecule has 2 aromatic carbocycles. The minimum Gasteiger partial charge on any atom is -0.481 e. The van der Waals surface area contributed by atoms with Crippen LogP contribution in [0.3, 0.4) is 0 Å². The first-order chi connectivity index (χ1) is 44.3. The number of carboxylic acid groups (broad SMARTS) is 5. The van der Waals surface area contributed by atoms with Crippen molar-refractivity contribution in [3.63, 3.8) is 0 Å². The predicted octanol–water partition coefficient (Wildman–Crippen LogP) is 3.53. The van der Waals surface area contributed by atoms with Crippen LogP contribution < -0.4 is 26.6 Å². The number of aldehydes is 1. The van der Waals surface area contributed by atoms with Gasteiger partial charge in [0.25, 0.3) is 0 Å². The summed E-state index contributed by atoms with van der Waals surface area (Å²) in [6.07, 6.45) is 1.38. The van der Waals surface area contributed by atoms with Gasteiger partial charge in [-0.15, -0.1) is 0 Å². The number of rotatable bonds is 57. The van der Waals surface area contributed by atoms with E-state index in [1.807, 2.05) is 43.3 Å². The average molecular weight is 1310 g/mol. The topological polar surface area (TPSA) is 424 Å². The number of nitrogens with one attached hydrogen (secondary N) is 5. The highest BCUT2D eigenvalue weighted by molar-refractivity contribution is 5.80. The minimum absolute atomic E-state index is 0.0304. The van der Waals surface area contributed by atoms with E-state index in [1.165, 1.54) is 0 Å². The first kappa shape index (κ1) is 78.8. The lowest BCUT2D eigenvalue weighted by molar-refractivity contribution is -0.141. The van der Waals surface area contributed by atoms with E-state index in [2.05, 4.69) is 38.7 Å². The third-order valence-corrected chi connectivity index (χ3v) is 13.9. The summed E-state index contributed by atoms with van der Waals surface area (Å²) in [5.41, 5.74) is -0.154. The molecule has 1 aliphatic carbocycles. The lowest BCUT2D eigenvalue weighted by Gasteiger charge is -2.35. The molecule has 5 amide bonds. The molecule has 30 heteroatoms. The van der Waals surface area contributed by atoms with Crippen molar-refractivity contribution in [3.8, 4) is 11.1 Å². The average Bonchev–Trinajstić information content (AvgIpc) is 1.64. The summed E-state index contributed by atoms with van der Waals surface area (Å²) in [6.45, 7) is -2.17. The number of hydrogen-bond acceptors (Lipinski definition) is 20. The molecule has 92 heavy (non-hydrogen) atoms. The van der Waals surface area contributed by atoms with Crippen molar-refractivity contribution in [2.75, 3.05) is 139 Å². The molecule has 2 aromatic rings. The van der Waals surface area contributed by atoms with Gasteiger partial charge in [-0.1, -0.05) is 74.7 Å². The fourth-order valence-electron chi connectivity index (χ4n) is 9.26. The van der Waals surface area contributed by atoms with Gasteiger partial charge in [-0.3, -0.25) is 33.6 Å². The maximum Gasteiger partial charge on any atom is 0.407 e. The summed E-state index contributed by atoms with van der Waals surface area (Å²) in [6, 6.07) is 15.4. The van der Waals surface area contributed by atoms with Crippen molar-refractivity contribution in [1.29, 1.82) is 0 Å². The lowest BCUT2D eigenvalue weighted by atomic mass is 9.98. The molecule has 10 N–H and O–H groups in total. The minimum atomic E-state index is -1.59. The van der Waals surface area contributed by atoms with Crippen molar-refractivity contribution in [3.05, 3.63) is 59.7 Å². The van der Waals surface area contributed by atoms with E-state index in [0.717, 1.165) is 28.7 Å². The number of ether oxygens (including phenoxy) is 10. The van der Waals surface area contributed by atoms with Crippen LogP contribution in [0.5, 0.6) is 0 Å². The van der Waals surface area contributed by atoms with Crippen molar-refractivity contribution in [1.82, 2.24) is 26.6 Å². The van der Waals surface area contributed by atoms with Crippen LogP contribution in [0.4, 0.5) is 9.59 Å². The van der Waals surface area contributed by atoms with E-state index in [9.17, 15) is 73.5 Å². The van der Waals surface area contributed by atoms with E-state index >= 15 is 0 Å². The van der Waals surface area contributed by atoms with Crippen LogP contribution in [-0.4, -0.2) is 241 Å². The van der Waals surface area contributed by atoms with Crippen LogP contribution in [0.15, 0.2) is 48.5 Å². The second kappa shape index (κ2) is 45.8. The number of benzene rings is 2. The molecule has 1 aliphatic rings. The van der Waals surface area contributed by atoms with Gasteiger partial charge in [-0.2, -0.15) is 0 Å². The highest BCUT2D eigenvalue weighted by Crippen LogP contribution is 2.44. The Kier molecular flexibility index (Phi) is 39.2. The van der Waals surface area contributed by atoms with Crippen LogP contribution in [0.25, 0.3) is 11.1 Å². The molecular formula is C62H93N5O25. The second-order valence-corrected chi connectivity index (χ2v) is 22.0. The molecule has 0 saturated heterocycles. The second-order valence-electron chi connectivity index (χ2n) is 22.0. The number of unbranched alkanes of at least 4 members (excludes halogenated alkanes) is 4. The predicted molar refractivity (Wildman–Crippen MR) is 326 cm³/mol. The molecule has 0 saturated carbocycles. The summed E-state index contributed by atoms with van der Waals surface area (Å²) in [4.78, 5) is 122. The van der Waals surface area contributed by atoms with E-state index in [1.54, 1.807) is 0 Å². The number of urea groups is 1.